The van der Waals surface area contributed by atoms with Crippen molar-refractivity contribution < 1.29 is 0 Å². The molecule has 0 radical (unpaired) electrons. The van der Waals surface area contributed by atoms with Crippen molar-refractivity contribution in [2.75, 3.05) is 5.43 Å². The molecule has 0 spiro atoms. The van der Waals surface area contributed by atoms with Crippen LogP contribution in [0.4, 0.5) is 5.95 Å². The van der Waals surface area contributed by atoms with Gasteiger partial charge in [0.2, 0.25) is 5.95 Å². The third-order valence-electron chi connectivity index (χ3n) is 2.75. The molecule has 0 saturated carbocycles. The highest BCUT2D eigenvalue weighted by molar-refractivity contribution is 5.80. The number of anilines is 1. The lowest BCUT2D eigenvalue weighted by molar-refractivity contribution is 1.04. The first-order chi connectivity index (χ1) is 9.17. The third kappa shape index (κ3) is 3.88. The van der Waals surface area contributed by atoms with Gasteiger partial charge in [-0.05, 0) is 37.5 Å². The molecule has 4 heteroatoms. The number of hydrazone groups is 1. The van der Waals surface area contributed by atoms with E-state index in [9.17, 15) is 0 Å². The maximum atomic E-state index is 4.26. The van der Waals surface area contributed by atoms with Crippen LogP contribution in [0.25, 0.3) is 0 Å². The Bertz CT molecular complexity index is 553. The Balaban J connectivity index is 2.02. The van der Waals surface area contributed by atoms with Crippen molar-refractivity contribution in [1.82, 2.24) is 9.97 Å². The second-order valence-electron chi connectivity index (χ2n) is 4.44. The molecule has 0 atom stereocenters. The van der Waals surface area contributed by atoms with Crippen LogP contribution >= 0.6 is 0 Å². The van der Waals surface area contributed by atoms with Crippen LogP contribution in [0.15, 0.2) is 35.4 Å². The summed E-state index contributed by atoms with van der Waals surface area (Å²) in [6.45, 7) is 6.02. The highest BCUT2D eigenvalue weighted by atomic mass is 15.3. The molecule has 98 valence electrons. The summed E-state index contributed by atoms with van der Waals surface area (Å²) in [7, 11) is 0. The Kier molecular flexibility index (Phi) is 4.23. The van der Waals surface area contributed by atoms with Gasteiger partial charge in [0.1, 0.15) is 0 Å². The SMILES string of the molecule is CCc1ccc(/C=N/Nc2nc(C)cc(C)n2)cc1. The monoisotopic (exact) mass is 254 g/mol. The second-order valence-corrected chi connectivity index (χ2v) is 4.44. The molecule has 4 nitrogen and oxygen atoms in total. The first-order valence-electron chi connectivity index (χ1n) is 6.37. The molecule has 0 amide bonds. The van der Waals surface area contributed by atoms with Crippen molar-refractivity contribution in [2.45, 2.75) is 27.2 Å². The first kappa shape index (κ1) is 13.2. The average molecular weight is 254 g/mol. The Morgan fingerprint density at radius 3 is 2.32 bits per heavy atom. The predicted molar refractivity (Wildman–Crippen MR) is 78.5 cm³/mol. The molecule has 0 saturated heterocycles. The van der Waals surface area contributed by atoms with E-state index in [1.165, 1.54) is 5.56 Å². The fraction of sp³-hybridized carbons (Fsp3) is 0.267. The van der Waals surface area contributed by atoms with E-state index in [2.05, 4.69) is 39.6 Å². The quantitative estimate of drug-likeness (QED) is 0.673. The number of hydrogen-bond donors (Lipinski definition) is 1. The van der Waals surface area contributed by atoms with Crippen LogP contribution in [0.5, 0.6) is 0 Å². The molecule has 1 N–H and O–H groups in total. The Morgan fingerprint density at radius 1 is 1.11 bits per heavy atom. The highest BCUT2D eigenvalue weighted by Gasteiger charge is 1.96. The second kappa shape index (κ2) is 6.09. The standard InChI is InChI=1S/C15H18N4/c1-4-13-5-7-14(8-6-13)10-16-19-15-17-11(2)9-12(3)18-15/h5-10H,4H2,1-3H3,(H,17,18,19)/b16-10+. The summed E-state index contributed by atoms with van der Waals surface area (Å²) >= 11 is 0. The number of aryl methyl sites for hydroxylation is 3. The summed E-state index contributed by atoms with van der Waals surface area (Å²) in [5.41, 5.74) is 7.08. The van der Waals surface area contributed by atoms with E-state index in [0.29, 0.717) is 5.95 Å². The van der Waals surface area contributed by atoms with Gasteiger partial charge in [0, 0.05) is 11.4 Å². The van der Waals surface area contributed by atoms with E-state index in [1.807, 2.05) is 32.0 Å². The Hall–Kier alpha value is -2.23. The molecule has 0 aliphatic heterocycles. The Labute approximate surface area is 113 Å². The molecule has 0 unspecified atom stereocenters. The number of rotatable bonds is 4. The normalized spacial score (nSPS) is 10.9. The van der Waals surface area contributed by atoms with Crippen molar-refractivity contribution in [3.63, 3.8) is 0 Å². The van der Waals surface area contributed by atoms with E-state index < -0.39 is 0 Å². The molecular formula is C15H18N4. The van der Waals surface area contributed by atoms with Crippen LogP contribution < -0.4 is 5.43 Å². The van der Waals surface area contributed by atoms with Crippen LogP contribution in [-0.2, 0) is 6.42 Å². The van der Waals surface area contributed by atoms with Crippen molar-refractivity contribution >= 4 is 12.2 Å². The van der Waals surface area contributed by atoms with E-state index in [0.717, 1.165) is 23.4 Å². The average Bonchev–Trinajstić information content (AvgIpc) is 2.38. The van der Waals surface area contributed by atoms with E-state index >= 15 is 0 Å². The lowest BCUT2D eigenvalue weighted by Gasteiger charge is -2.01. The van der Waals surface area contributed by atoms with E-state index in [1.54, 1.807) is 6.21 Å². The molecule has 0 aliphatic rings. The Morgan fingerprint density at radius 2 is 1.74 bits per heavy atom. The van der Waals surface area contributed by atoms with Crippen LogP contribution in [0.2, 0.25) is 0 Å². The van der Waals surface area contributed by atoms with Crippen molar-refractivity contribution in [3.05, 3.63) is 52.8 Å². The fourth-order valence-electron chi connectivity index (χ4n) is 1.78. The lowest BCUT2D eigenvalue weighted by atomic mass is 10.1. The van der Waals surface area contributed by atoms with Crippen molar-refractivity contribution in [3.8, 4) is 0 Å². The van der Waals surface area contributed by atoms with Gasteiger partial charge < -0.3 is 0 Å². The third-order valence-corrected chi connectivity index (χ3v) is 2.75. The predicted octanol–water partition coefficient (Wildman–Crippen LogP) is 3.10. The van der Waals surface area contributed by atoms with Crippen LogP contribution in [0.3, 0.4) is 0 Å². The minimum absolute atomic E-state index is 0.527. The zero-order valence-electron chi connectivity index (χ0n) is 11.5. The lowest BCUT2D eigenvalue weighted by Crippen LogP contribution is -1.99. The molecule has 0 bridgehead atoms. The van der Waals surface area contributed by atoms with Gasteiger partial charge in [-0.15, -0.1) is 0 Å². The van der Waals surface area contributed by atoms with Crippen molar-refractivity contribution in [1.29, 1.82) is 0 Å². The van der Waals surface area contributed by atoms with E-state index in [4.69, 9.17) is 0 Å². The smallest absolute Gasteiger partial charge is 0.243 e. The number of aromatic nitrogens is 2. The first-order valence-corrected chi connectivity index (χ1v) is 6.37. The zero-order valence-corrected chi connectivity index (χ0v) is 11.5. The fourth-order valence-corrected chi connectivity index (χ4v) is 1.78. The number of hydrogen-bond acceptors (Lipinski definition) is 4. The topological polar surface area (TPSA) is 50.2 Å². The van der Waals surface area contributed by atoms with Crippen LogP contribution in [-0.4, -0.2) is 16.2 Å². The van der Waals surface area contributed by atoms with Gasteiger partial charge in [-0.1, -0.05) is 31.2 Å². The number of nitrogens with zero attached hydrogens (tertiary/aromatic N) is 3. The van der Waals surface area contributed by atoms with Gasteiger partial charge >= 0.3 is 0 Å². The largest absolute Gasteiger partial charge is 0.245 e. The summed E-state index contributed by atoms with van der Waals surface area (Å²) in [6, 6.07) is 10.2. The van der Waals surface area contributed by atoms with Gasteiger partial charge in [-0.3, -0.25) is 0 Å². The molecule has 1 aromatic heterocycles. The van der Waals surface area contributed by atoms with Gasteiger partial charge in [0.05, 0.1) is 6.21 Å². The molecular weight excluding hydrogens is 236 g/mol. The maximum absolute atomic E-state index is 4.26. The highest BCUT2D eigenvalue weighted by Crippen LogP contribution is 2.05. The summed E-state index contributed by atoms with van der Waals surface area (Å²) in [6.07, 6.45) is 2.81. The minimum Gasteiger partial charge on any atom is -0.245 e. The molecule has 1 aromatic carbocycles. The molecule has 2 aromatic rings. The summed E-state index contributed by atoms with van der Waals surface area (Å²) in [5.74, 6) is 0.527. The van der Waals surface area contributed by atoms with Crippen LogP contribution in [0.1, 0.15) is 29.4 Å². The number of benzene rings is 1. The summed E-state index contributed by atoms with van der Waals surface area (Å²) < 4.78 is 0. The van der Waals surface area contributed by atoms with Gasteiger partial charge in [-0.2, -0.15) is 5.10 Å². The van der Waals surface area contributed by atoms with Gasteiger partial charge in [0.25, 0.3) is 0 Å². The molecule has 2 rings (SSSR count). The molecule has 0 aliphatic carbocycles. The molecule has 1 heterocycles. The van der Waals surface area contributed by atoms with Crippen molar-refractivity contribution in [2.24, 2.45) is 5.10 Å². The molecule has 19 heavy (non-hydrogen) atoms. The zero-order chi connectivity index (χ0) is 13.7. The number of nitrogens with one attached hydrogen (secondary N) is 1. The maximum Gasteiger partial charge on any atom is 0.243 e. The van der Waals surface area contributed by atoms with Gasteiger partial charge in [-0.25, -0.2) is 15.4 Å². The van der Waals surface area contributed by atoms with E-state index in [-0.39, 0.29) is 0 Å². The van der Waals surface area contributed by atoms with Crippen LogP contribution in [0, 0.1) is 13.8 Å². The summed E-state index contributed by atoms with van der Waals surface area (Å²) in [5, 5.41) is 4.15. The summed E-state index contributed by atoms with van der Waals surface area (Å²) in [4.78, 5) is 8.51. The minimum atomic E-state index is 0.527. The molecule has 0 fully saturated rings. The van der Waals surface area contributed by atoms with Gasteiger partial charge in [0.15, 0.2) is 0 Å².